The first-order chi connectivity index (χ1) is 32.6. The first kappa shape index (κ1) is 61.5. The normalized spacial score (nSPS) is 13.6. The van der Waals surface area contributed by atoms with Crippen LogP contribution in [0.4, 0.5) is 0 Å². The van der Waals surface area contributed by atoms with Crippen LogP contribution in [0.1, 0.15) is 188 Å². The molecule has 0 saturated heterocycles. The van der Waals surface area contributed by atoms with E-state index < -0.39 is 6.10 Å². The Morgan fingerprint density at radius 1 is 0.348 bits per heavy atom. The van der Waals surface area contributed by atoms with E-state index in [4.69, 9.17) is 14.2 Å². The third kappa shape index (κ3) is 52.1. The average Bonchev–Trinajstić information content (AvgIpc) is 3.32. The van der Waals surface area contributed by atoms with Gasteiger partial charge in [-0.25, -0.2) is 0 Å². The molecule has 0 heterocycles. The van der Waals surface area contributed by atoms with Gasteiger partial charge in [-0.2, -0.15) is 0 Å². The summed E-state index contributed by atoms with van der Waals surface area (Å²) in [6, 6.07) is 0. The van der Waals surface area contributed by atoms with Gasteiger partial charge in [0.1, 0.15) is 6.61 Å². The van der Waals surface area contributed by atoms with Gasteiger partial charge in [0.15, 0.2) is 6.10 Å². The van der Waals surface area contributed by atoms with E-state index in [1.807, 2.05) is 12.2 Å². The lowest BCUT2D eigenvalue weighted by Gasteiger charge is -2.18. The minimum Gasteiger partial charge on any atom is -0.462 e. The second-order valence-corrected chi connectivity index (χ2v) is 16.3. The number of allylic oxidation sites excluding steroid dienone is 26. The number of esters is 2. The standard InChI is InChI=1S/C61H94O5/c1-4-7-10-13-16-19-22-25-27-29-31-33-35-37-39-42-45-48-51-54-60(62)65-58-59(57-64-56-53-50-47-44-41-24-21-18-15-12-9-6-3)66-61(63)55-52-49-46-43-40-38-36-34-32-30-28-26-23-20-17-14-11-8-5-2/h7-8,10-11,15-20,25-28,31-34,37-40,45-46,48-49,59H,4-6,9,12-14,21-24,29-30,35-36,41-44,47,50-58H2,1-3H3/b10-7-,11-8-,18-15-,19-16-,20-17-,27-25-,28-26-,33-31-,34-32-,39-37-,40-38-,48-45-,49-46-. The molecule has 66 heavy (non-hydrogen) atoms. The molecule has 0 saturated carbocycles. The SMILES string of the molecule is CC/C=C\C/C=C\C/C=C\C/C=C\C/C=C\C/C=C\CCC(=O)OCC(COCCCCCCCC/C=C\CCCC)OC(=O)CC/C=C\C/C=C\C/C=C\C/C=C\C/C=C\C/C=C\CC. The molecule has 0 rings (SSSR count). The number of ether oxygens (including phenoxy) is 3. The molecule has 0 bridgehead atoms. The number of rotatable bonds is 45. The molecule has 0 aliphatic heterocycles. The zero-order valence-electron chi connectivity index (χ0n) is 42.1. The number of unbranched alkanes of at least 4 members (excludes halogenated alkanes) is 8. The summed E-state index contributed by atoms with van der Waals surface area (Å²) in [5.41, 5.74) is 0. The summed E-state index contributed by atoms with van der Waals surface area (Å²) in [5.74, 6) is -0.609. The third-order valence-corrected chi connectivity index (χ3v) is 10.1. The molecule has 0 radical (unpaired) electrons. The van der Waals surface area contributed by atoms with E-state index in [-0.39, 0.29) is 38.0 Å². The van der Waals surface area contributed by atoms with Crippen molar-refractivity contribution in [3.63, 3.8) is 0 Å². The molecule has 0 aromatic carbocycles. The molecule has 0 fully saturated rings. The highest BCUT2D eigenvalue weighted by Gasteiger charge is 2.17. The van der Waals surface area contributed by atoms with E-state index in [0.29, 0.717) is 19.4 Å². The molecule has 5 heteroatoms. The predicted octanol–water partition coefficient (Wildman–Crippen LogP) is 17.9. The highest BCUT2D eigenvalue weighted by molar-refractivity contribution is 5.70. The highest BCUT2D eigenvalue weighted by Crippen LogP contribution is 2.10. The molecule has 0 aliphatic carbocycles. The van der Waals surface area contributed by atoms with Gasteiger partial charge >= 0.3 is 11.9 Å². The Kier molecular flexibility index (Phi) is 51.1. The van der Waals surface area contributed by atoms with Gasteiger partial charge in [0.2, 0.25) is 0 Å². The molecule has 0 aliphatic rings. The van der Waals surface area contributed by atoms with Gasteiger partial charge in [-0.05, 0) is 116 Å². The van der Waals surface area contributed by atoms with Crippen LogP contribution in [0.5, 0.6) is 0 Å². The lowest BCUT2D eigenvalue weighted by atomic mass is 10.1. The van der Waals surface area contributed by atoms with Crippen LogP contribution in [0, 0.1) is 0 Å². The number of hydrogen-bond donors (Lipinski definition) is 0. The second kappa shape index (κ2) is 54.9. The van der Waals surface area contributed by atoms with Crippen molar-refractivity contribution in [3.05, 3.63) is 158 Å². The summed E-state index contributed by atoms with van der Waals surface area (Å²) in [5, 5.41) is 0. The lowest BCUT2D eigenvalue weighted by molar-refractivity contribution is -0.162. The second-order valence-electron chi connectivity index (χ2n) is 16.3. The van der Waals surface area contributed by atoms with Crippen molar-refractivity contribution in [2.24, 2.45) is 0 Å². The maximum atomic E-state index is 12.8. The zero-order valence-corrected chi connectivity index (χ0v) is 42.1. The van der Waals surface area contributed by atoms with Crippen molar-refractivity contribution in [3.8, 4) is 0 Å². The van der Waals surface area contributed by atoms with Gasteiger partial charge in [-0.15, -0.1) is 0 Å². The minimum absolute atomic E-state index is 0.00112. The Labute approximate surface area is 405 Å². The fraction of sp³-hybridized carbons (Fsp3) is 0.541. The number of hydrogen-bond acceptors (Lipinski definition) is 5. The fourth-order valence-electron chi connectivity index (χ4n) is 6.25. The number of carbonyl (C=O) groups is 2. The van der Waals surface area contributed by atoms with Gasteiger partial charge in [-0.3, -0.25) is 9.59 Å². The lowest BCUT2D eigenvalue weighted by Crippen LogP contribution is -2.30. The Balaban J connectivity index is 4.54. The van der Waals surface area contributed by atoms with E-state index in [9.17, 15) is 9.59 Å². The van der Waals surface area contributed by atoms with Gasteiger partial charge < -0.3 is 14.2 Å². The molecular weight excluding hydrogens is 813 g/mol. The van der Waals surface area contributed by atoms with Crippen LogP contribution in [0.3, 0.4) is 0 Å². The largest absolute Gasteiger partial charge is 0.462 e. The van der Waals surface area contributed by atoms with Crippen molar-refractivity contribution in [1.29, 1.82) is 0 Å². The molecule has 0 amide bonds. The van der Waals surface area contributed by atoms with Gasteiger partial charge in [-0.1, -0.05) is 217 Å². The molecule has 0 N–H and O–H groups in total. The Bertz CT molecular complexity index is 1490. The molecule has 1 unspecified atom stereocenters. The van der Waals surface area contributed by atoms with Gasteiger partial charge in [0.25, 0.3) is 0 Å². The van der Waals surface area contributed by atoms with Crippen LogP contribution in [-0.2, 0) is 23.8 Å². The maximum absolute atomic E-state index is 12.8. The summed E-state index contributed by atoms with van der Waals surface area (Å²) >= 11 is 0. The molecular formula is C61H94O5. The number of carbonyl (C=O) groups excluding carboxylic acids is 2. The molecule has 0 spiro atoms. The minimum atomic E-state index is -0.622. The van der Waals surface area contributed by atoms with Crippen LogP contribution in [0.2, 0.25) is 0 Å². The van der Waals surface area contributed by atoms with Crippen LogP contribution in [0.15, 0.2) is 158 Å². The van der Waals surface area contributed by atoms with Crippen molar-refractivity contribution in [2.45, 2.75) is 194 Å². The predicted molar refractivity (Wildman–Crippen MR) is 288 cm³/mol. The Hall–Kier alpha value is -4.48. The molecule has 0 aromatic heterocycles. The Morgan fingerprint density at radius 2 is 0.682 bits per heavy atom. The first-order valence-corrected chi connectivity index (χ1v) is 26.0. The summed E-state index contributed by atoms with van der Waals surface area (Å²) in [4.78, 5) is 25.4. The van der Waals surface area contributed by atoms with Crippen molar-refractivity contribution >= 4 is 11.9 Å². The Morgan fingerprint density at radius 3 is 1.09 bits per heavy atom. The van der Waals surface area contributed by atoms with Crippen molar-refractivity contribution < 1.29 is 23.8 Å². The molecule has 368 valence electrons. The van der Waals surface area contributed by atoms with E-state index in [1.165, 1.54) is 51.4 Å². The van der Waals surface area contributed by atoms with Gasteiger partial charge in [0, 0.05) is 19.4 Å². The third-order valence-electron chi connectivity index (χ3n) is 10.1. The van der Waals surface area contributed by atoms with Gasteiger partial charge in [0.05, 0.1) is 6.61 Å². The summed E-state index contributed by atoms with van der Waals surface area (Å²) in [6.07, 6.45) is 81.3. The topological polar surface area (TPSA) is 61.8 Å². The highest BCUT2D eigenvalue weighted by atomic mass is 16.6. The van der Waals surface area contributed by atoms with Crippen LogP contribution in [-0.4, -0.2) is 37.9 Å². The molecule has 1 atom stereocenters. The van der Waals surface area contributed by atoms with Crippen molar-refractivity contribution in [2.75, 3.05) is 19.8 Å². The van der Waals surface area contributed by atoms with E-state index in [2.05, 4.69) is 167 Å². The molecule has 0 aromatic rings. The monoisotopic (exact) mass is 907 g/mol. The van der Waals surface area contributed by atoms with E-state index >= 15 is 0 Å². The smallest absolute Gasteiger partial charge is 0.306 e. The van der Waals surface area contributed by atoms with Crippen molar-refractivity contribution in [1.82, 2.24) is 0 Å². The summed E-state index contributed by atoms with van der Waals surface area (Å²) in [6.45, 7) is 7.36. The first-order valence-electron chi connectivity index (χ1n) is 26.0. The fourth-order valence-corrected chi connectivity index (χ4v) is 6.25. The van der Waals surface area contributed by atoms with E-state index in [1.54, 1.807) is 0 Å². The van der Waals surface area contributed by atoms with Crippen LogP contribution < -0.4 is 0 Å². The quantitative estimate of drug-likeness (QED) is 0.0346. The van der Waals surface area contributed by atoms with Crippen LogP contribution in [0.25, 0.3) is 0 Å². The maximum Gasteiger partial charge on any atom is 0.306 e. The van der Waals surface area contributed by atoms with Crippen LogP contribution >= 0.6 is 0 Å². The average molecular weight is 907 g/mol. The van der Waals surface area contributed by atoms with E-state index in [0.717, 1.165) is 89.9 Å². The summed E-state index contributed by atoms with van der Waals surface area (Å²) < 4.78 is 17.2. The summed E-state index contributed by atoms with van der Waals surface area (Å²) in [7, 11) is 0. The molecule has 5 nitrogen and oxygen atoms in total. The zero-order chi connectivity index (χ0) is 47.7.